The van der Waals surface area contributed by atoms with Crippen LogP contribution in [0, 0.1) is 0 Å². The van der Waals surface area contributed by atoms with Gasteiger partial charge in [0.2, 0.25) is 10.0 Å². The van der Waals surface area contributed by atoms with E-state index in [4.69, 9.17) is 4.74 Å². The van der Waals surface area contributed by atoms with Crippen molar-refractivity contribution in [2.75, 3.05) is 38.0 Å². The fraction of sp³-hybridized carbons (Fsp3) is 0.611. The second-order valence-corrected chi connectivity index (χ2v) is 8.67. The van der Waals surface area contributed by atoms with Gasteiger partial charge in [-0.3, -0.25) is 4.79 Å². The lowest BCUT2D eigenvalue weighted by Gasteiger charge is -2.33. The molecule has 3 rings (SSSR count). The molecular formula is C18H27N3O4S. The van der Waals surface area contributed by atoms with Gasteiger partial charge in [-0.1, -0.05) is 20.3 Å². The van der Waals surface area contributed by atoms with Crippen molar-refractivity contribution in [2.45, 2.75) is 44.1 Å². The SMILES string of the molecule is CCCCC1Oc2ccc(S(=O)(=O)N3CCN(CC)CC3)cc2NC1=O. The molecule has 1 N–H and O–H groups in total. The first-order chi connectivity index (χ1) is 12.5. The van der Waals surface area contributed by atoms with Crippen molar-refractivity contribution in [2.24, 2.45) is 0 Å². The van der Waals surface area contributed by atoms with Gasteiger partial charge in [0.15, 0.2) is 6.10 Å². The van der Waals surface area contributed by atoms with Gasteiger partial charge < -0.3 is 15.0 Å². The molecule has 1 aromatic rings. The Balaban J connectivity index is 1.77. The van der Waals surface area contributed by atoms with Crippen molar-refractivity contribution < 1.29 is 17.9 Å². The van der Waals surface area contributed by atoms with Gasteiger partial charge in [0.25, 0.3) is 5.91 Å². The fourth-order valence-electron chi connectivity index (χ4n) is 3.30. The average molecular weight is 381 g/mol. The number of piperazine rings is 1. The summed E-state index contributed by atoms with van der Waals surface area (Å²) >= 11 is 0. The van der Waals surface area contributed by atoms with Crippen LogP contribution >= 0.6 is 0 Å². The molecule has 0 aliphatic carbocycles. The number of anilines is 1. The number of carbonyl (C=O) groups is 1. The van der Waals surface area contributed by atoms with Crippen molar-refractivity contribution in [3.8, 4) is 5.75 Å². The number of hydrogen-bond donors (Lipinski definition) is 1. The highest BCUT2D eigenvalue weighted by Crippen LogP contribution is 2.33. The number of benzene rings is 1. The van der Waals surface area contributed by atoms with Crippen molar-refractivity contribution in [3.05, 3.63) is 18.2 Å². The largest absolute Gasteiger partial charge is 0.478 e. The molecule has 8 heteroatoms. The zero-order chi connectivity index (χ0) is 18.7. The minimum atomic E-state index is -3.57. The second-order valence-electron chi connectivity index (χ2n) is 6.73. The average Bonchev–Trinajstić information content (AvgIpc) is 2.66. The van der Waals surface area contributed by atoms with Gasteiger partial charge >= 0.3 is 0 Å². The van der Waals surface area contributed by atoms with Crippen LogP contribution in [-0.2, 0) is 14.8 Å². The summed E-state index contributed by atoms with van der Waals surface area (Å²) in [6, 6.07) is 4.71. The minimum absolute atomic E-state index is 0.192. The highest BCUT2D eigenvalue weighted by molar-refractivity contribution is 7.89. The van der Waals surface area contributed by atoms with E-state index in [-0.39, 0.29) is 10.8 Å². The van der Waals surface area contributed by atoms with Crippen LogP contribution in [0.4, 0.5) is 5.69 Å². The van der Waals surface area contributed by atoms with E-state index in [2.05, 4.69) is 24.1 Å². The van der Waals surface area contributed by atoms with Gasteiger partial charge in [-0.15, -0.1) is 0 Å². The first-order valence-electron chi connectivity index (χ1n) is 9.29. The van der Waals surface area contributed by atoms with Crippen molar-refractivity contribution in [3.63, 3.8) is 0 Å². The van der Waals surface area contributed by atoms with Gasteiger partial charge in [0.05, 0.1) is 10.6 Å². The Hall–Kier alpha value is -1.64. The molecule has 1 atom stereocenters. The summed E-state index contributed by atoms with van der Waals surface area (Å²) in [5.41, 5.74) is 0.427. The summed E-state index contributed by atoms with van der Waals surface area (Å²) in [7, 11) is -3.57. The highest BCUT2D eigenvalue weighted by atomic mass is 32.2. The third-order valence-corrected chi connectivity index (χ3v) is 6.90. The Morgan fingerprint density at radius 2 is 1.92 bits per heavy atom. The van der Waals surface area contributed by atoms with E-state index in [9.17, 15) is 13.2 Å². The van der Waals surface area contributed by atoms with E-state index in [0.717, 1.165) is 32.5 Å². The fourth-order valence-corrected chi connectivity index (χ4v) is 4.75. The lowest BCUT2D eigenvalue weighted by Crippen LogP contribution is -2.48. The number of likely N-dealkylation sites (N-methyl/N-ethyl adjacent to an activating group) is 1. The Morgan fingerprint density at radius 3 is 2.58 bits per heavy atom. The summed E-state index contributed by atoms with van der Waals surface area (Å²) in [6.07, 6.45) is 2.04. The van der Waals surface area contributed by atoms with Crippen molar-refractivity contribution in [1.29, 1.82) is 0 Å². The maximum atomic E-state index is 12.9. The third-order valence-electron chi connectivity index (χ3n) is 5.01. The summed E-state index contributed by atoms with van der Waals surface area (Å²) in [5, 5.41) is 2.80. The monoisotopic (exact) mass is 381 g/mol. The molecule has 7 nitrogen and oxygen atoms in total. The predicted octanol–water partition coefficient (Wildman–Crippen LogP) is 1.90. The van der Waals surface area contributed by atoms with Gasteiger partial charge in [-0.05, 0) is 37.6 Å². The second kappa shape index (κ2) is 7.94. The van der Waals surface area contributed by atoms with Crippen LogP contribution in [0.3, 0.4) is 0 Å². The van der Waals surface area contributed by atoms with E-state index in [0.29, 0.717) is 30.9 Å². The number of carbonyl (C=O) groups excluding carboxylic acids is 1. The van der Waals surface area contributed by atoms with Crippen LogP contribution in [0.1, 0.15) is 33.1 Å². The Labute approximate surface area is 155 Å². The molecular weight excluding hydrogens is 354 g/mol. The standard InChI is InChI=1S/C18H27N3O4S/c1-3-5-6-17-18(22)19-15-13-14(7-8-16(15)25-17)26(23,24)21-11-9-20(4-2)10-12-21/h7-8,13,17H,3-6,9-12H2,1-2H3,(H,19,22). The molecule has 2 heterocycles. The van der Waals surface area contributed by atoms with Crippen LogP contribution in [0.5, 0.6) is 5.75 Å². The first-order valence-corrected chi connectivity index (χ1v) is 10.7. The van der Waals surface area contributed by atoms with Crippen LogP contribution in [-0.4, -0.2) is 62.4 Å². The quantitative estimate of drug-likeness (QED) is 0.814. The van der Waals surface area contributed by atoms with Gasteiger partial charge in [-0.25, -0.2) is 8.42 Å². The summed E-state index contributed by atoms with van der Waals surface area (Å²) in [4.78, 5) is 14.6. The van der Waals surface area contributed by atoms with E-state index in [1.165, 1.54) is 10.4 Å². The predicted molar refractivity (Wildman–Crippen MR) is 99.9 cm³/mol. The number of fused-ring (bicyclic) bond motifs is 1. The lowest BCUT2D eigenvalue weighted by molar-refractivity contribution is -0.123. The summed E-state index contributed by atoms with van der Waals surface area (Å²) < 4.78 is 33.1. The molecule has 0 spiro atoms. The number of hydrogen-bond acceptors (Lipinski definition) is 5. The van der Waals surface area contributed by atoms with Gasteiger partial charge in [0.1, 0.15) is 5.75 Å². The Kier molecular flexibility index (Phi) is 5.84. The normalized spacial score (nSPS) is 21.8. The van der Waals surface area contributed by atoms with Crippen LogP contribution < -0.4 is 10.1 Å². The lowest BCUT2D eigenvalue weighted by atomic mass is 10.1. The summed E-state index contributed by atoms with van der Waals surface area (Å²) in [5.74, 6) is 0.317. The van der Waals surface area contributed by atoms with Crippen LogP contribution in [0.2, 0.25) is 0 Å². The van der Waals surface area contributed by atoms with E-state index < -0.39 is 16.1 Å². The number of rotatable bonds is 6. The number of unbranched alkanes of at least 4 members (excludes halogenated alkanes) is 1. The molecule has 26 heavy (non-hydrogen) atoms. The van der Waals surface area contributed by atoms with Crippen molar-refractivity contribution >= 4 is 21.6 Å². The molecule has 144 valence electrons. The number of nitrogens with one attached hydrogen (secondary N) is 1. The molecule has 0 radical (unpaired) electrons. The minimum Gasteiger partial charge on any atom is -0.478 e. The molecule has 1 saturated heterocycles. The van der Waals surface area contributed by atoms with E-state index in [1.54, 1.807) is 12.1 Å². The first kappa shape index (κ1) is 19.1. The smallest absolute Gasteiger partial charge is 0.265 e. The Bertz CT molecular complexity index is 758. The molecule has 2 aliphatic rings. The van der Waals surface area contributed by atoms with Crippen LogP contribution in [0.15, 0.2) is 23.1 Å². The van der Waals surface area contributed by atoms with Gasteiger partial charge in [0, 0.05) is 26.2 Å². The highest BCUT2D eigenvalue weighted by Gasteiger charge is 2.31. The maximum absolute atomic E-state index is 12.9. The molecule has 0 bridgehead atoms. The molecule has 1 fully saturated rings. The molecule has 2 aliphatic heterocycles. The molecule has 1 aromatic carbocycles. The summed E-state index contributed by atoms with van der Waals surface area (Å²) in [6.45, 7) is 7.50. The molecule has 1 amide bonds. The maximum Gasteiger partial charge on any atom is 0.265 e. The Morgan fingerprint density at radius 1 is 1.19 bits per heavy atom. The molecule has 0 saturated carbocycles. The number of ether oxygens (including phenoxy) is 1. The number of amides is 1. The van der Waals surface area contributed by atoms with Crippen molar-refractivity contribution in [1.82, 2.24) is 9.21 Å². The van der Waals surface area contributed by atoms with Crippen LogP contribution in [0.25, 0.3) is 0 Å². The van der Waals surface area contributed by atoms with Gasteiger partial charge in [-0.2, -0.15) is 4.31 Å². The zero-order valence-electron chi connectivity index (χ0n) is 15.4. The van der Waals surface area contributed by atoms with E-state index in [1.807, 2.05) is 0 Å². The number of nitrogens with zero attached hydrogens (tertiary/aromatic N) is 2. The van der Waals surface area contributed by atoms with E-state index >= 15 is 0 Å². The zero-order valence-corrected chi connectivity index (χ0v) is 16.2. The molecule has 1 unspecified atom stereocenters. The molecule has 0 aromatic heterocycles. The topological polar surface area (TPSA) is 79.0 Å². The number of sulfonamides is 1. The third kappa shape index (κ3) is 3.87.